The smallest absolute Gasteiger partial charge is 0.230 e. The Morgan fingerprint density at radius 2 is 2.03 bits per heavy atom. The number of carbonyl (C=O) groups excluding carboxylic acids is 1. The Bertz CT molecular complexity index is 1210. The third-order valence-corrected chi connectivity index (χ3v) is 7.99. The number of hydrogen-bond acceptors (Lipinski definition) is 8. The lowest BCUT2D eigenvalue weighted by Gasteiger charge is -2.34. The molecule has 1 aromatic heterocycles. The summed E-state index contributed by atoms with van der Waals surface area (Å²) < 4.78 is 30.4. The fourth-order valence-electron chi connectivity index (χ4n) is 4.22. The van der Waals surface area contributed by atoms with Gasteiger partial charge in [-0.1, -0.05) is 11.6 Å². The van der Waals surface area contributed by atoms with Crippen molar-refractivity contribution in [1.82, 2.24) is 19.6 Å². The van der Waals surface area contributed by atoms with Crippen molar-refractivity contribution in [3.8, 4) is 11.8 Å². The highest BCUT2D eigenvalue weighted by Gasteiger charge is 2.27. The number of anilines is 1. The zero-order valence-electron chi connectivity index (χ0n) is 20.6. The number of carbonyl (C=O) groups is 1. The van der Waals surface area contributed by atoms with Crippen LogP contribution in [0.5, 0.6) is 5.75 Å². The molecule has 1 aromatic carbocycles. The monoisotopic (exact) mass is 534 g/mol. The van der Waals surface area contributed by atoms with Gasteiger partial charge in [-0.2, -0.15) is 5.26 Å². The van der Waals surface area contributed by atoms with Gasteiger partial charge >= 0.3 is 0 Å². The minimum absolute atomic E-state index is 0.00778. The minimum atomic E-state index is -3.13. The number of rotatable bonds is 10. The molecule has 0 spiro atoms. The number of nitrogens with zero attached hydrogens (tertiary/aromatic N) is 4. The molecule has 0 radical (unpaired) electrons. The molecule has 2 N–H and O–H groups in total. The molecule has 1 aliphatic rings. The normalized spacial score (nSPS) is 15.8. The maximum Gasteiger partial charge on any atom is 0.230 e. The lowest BCUT2D eigenvalue weighted by Crippen LogP contribution is -2.44. The van der Waals surface area contributed by atoms with E-state index >= 15 is 0 Å². The van der Waals surface area contributed by atoms with E-state index in [9.17, 15) is 13.2 Å². The standard InChI is InChI=1S/C24H31ClN6O4S/c1-16(17-5-8-31(9-6-17)36(3,33)34)27-7-4-18-10-23(35-2)22(12-21(18)25)30-24(32)11-19-14-29-20(13-26)15-28-19/h10,12,14-17,27H,4-9,11H2,1-3H3,(H,30,32)/t16-/m1/s1. The second-order valence-corrected chi connectivity index (χ2v) is 11.3. The molecule has 2 heterocycles. The van der Waals surface area contributed by atoms with E-state index in [1.165, 1.54) is 25.8 Å². The number of benzene rings is 1. The Morgan fingerprint density at radius 1 is 1.31 bits per heavy atom. The summed E-state index contributed by atoms with van der Waals surface area (Å²) in [6.07, 6.45) is 6.30. The molecule has 3 rings (SSSR count). The summed E-state index contributed by atoms with van der Waals surface area (Å²) in [5.74, 6) is 0.592. The van der Waals surface area contributed by atoms with Crippen LogP contribution in [0.2, 0.25) is 5.02 Å². The van der Waals surface area contributed by atoms with Crippen molar-refractivity contribution in [1.29, 1.82) is 5.26 Å². The van der Waals surface area contributed by atoms with E-state index in [0.717, 1.165) is 18.4 Å². The quantitative estimate of drug-likeness (QED) is 0.474. The summed E-state index contributed by atoms with van der Waals surface area (Å²) in [5.41, 5.74) is 1.97. The topological polar surface area (TPSA) is 137 Å². The van der Waals surface area contributed by atoms with Crippen LogP contribution in [0.1, 0.15) is 36.7 Å². The van der Waals surface area contributed by atoms with Crippen LogP contribution in [0.15, 0.2) is 24.5 Å². The lowest BCUT2D eigenvalue weighted by atomic mass is 9.91. The number of ether oxygens (including phenoxy) is 1. The van der Waals surface area contributed by atoms with Crippen molar-refractivity contribution in [3.05, 3.63) is 46.5 Å². The van der Waals surface area contributed by atoms with Gasteiger partial charge in [0.1, 0.15) is 11.8 Å². The third kappa shape index (κ3) is 7.61. The summed E-state index contributed by atoms with van der Waals surface area (Å²) in [5, 5.41) is 15.6. The van der Waals surface area contributed by atoms with Gasteiger partial charge in [0.25, 0.3) is 0 Å². The fraction of sp³-hybridized carbons (Fsp3) is 0.500. The van der Waals surface area contributed by atoms with Gasteiger partial charge in [0.15, 0.2) is 5.69 Å². The molecule has 1 aliphatic heterocycles. The highest BCUT2D eigenvalue weighted by atomic mass is 35.5. The summed E-state index contributed by atoms with van der Waals surface area (Å²) in [4.78, 5) is 20.5. The minimum Gasteiger partial charge on any atom is -0.495 e. The van der Waals surface area contributed by atoms with Crippen LogP contribution in [0.25, 0.3) is 0 Å². The molecule has 10 nitrogen and oxygen atoms in total. The van der Waals surface area contributed by atoms with E-state index in [2.05, 4.69) is 27.5 Å². The Morgan fingerprint density at radius 3 is 2.61 bits per heavy atom. The first-order valence-electron chi connectivity index (χ1n) is 11.7. The average Bonchev–Trinajstić information content (AvgIpc) is 2.85. The largest absolute Gasteiger partial charge is 0.495 e. The summed E-state index contributed by atoms with van der Waals surface area (Å²) in [7, 11) is -1.60. The van der Waals surface area contributed by atoms with Crippen LogP contribution in [0.4, 0.5) is 5.69 Å². The molecular weight excluding hydrogens is 504 g/mol. The molecule has 1 amide bonds. The third-order valence-electron chi connectivity index (χ3n) is 6.34. The number of hydrogen-bond donors (Lipinski definition) is 2. The average molecular weight is 535 g/mol. The molecule has 1 fully saturated rings. The molecule has 12 heteroatoms. The van der Waals surface area contributed by atoms with E-state index < -0.39 is 10.0 Å². The number of halogens is 1. The number of aromatic nitrogens is 2. The number of sulfonamides is 1. The predicted octanol–water partition coefficient (Wildman–Crippen LogP) is 2.38. The first kappa shape index (κ1) is 27.8. The number of nitriles is 1. The van der Waals surface area contributed by atoms with Crippen molar-refractivity contribution in [2.24, 2.45) is 5.92 Å². The fourth-order valence-corrected chi connectivity index (χ4v) is 5.36. The first-order valence-corrected chi connectivity index (χ1v) is 13.9. The van der Waals surface area contributed by atoms with Crippen LogP contribution in [-0.2, 0) is 27.7 Å². The SMILES string of the molecule is COc1cc(CCN[C@H](C)C2CCN(S(C)(=O)=O)CC2)c(Cl)cc1NC(=O)Cc1cnc(C#N)cn1. The zero-order chi connectivity index (χ0) is 26.3. The van der Waals surface area contributed by atoms with E-state index in [1.807, 2.05) is 12.1 Å². The van der Waals surface area contributed by atoms with E-state index in [1.54, 1.807) is 10.4 Å². The lowest BCUT2D eigenvalue weighted by molar-refractivity contribution is -0.115. The molecule has 0 bridgehead atoms. The van der Waals surface area contributed by atoms with Gasteiger partial charge in [-0.15, -0.1) is 0 Å². The highest BCUT2D eigenvalue weighted by Crippen LogP contribution is 2.32. The molecule has 0 unspecified atom stereocenters. The van der Waals surface area contributed by atoms with Crippen molar-refractivity contribution in [2.45, 2.75) is 38.6 Å². The highest BCUT2D eigenvalue weighted by molar-refractivity contribution is 7.88. The van der Waals surface area contributed by atoms with Crippen LogP contribution < -0.4 is 15.4 Å². The van der Waals surface area contributed by atoms with Crippen molar-refractivity contribution in [2.75, 3.05) is 38.3 Å². The van der Waals surface area contributed by atoms with Gasteiger partial charge in [0, 0.05) is 24.2 Å². The summed E-state index contributed by atoms with van der Waals surface area (Å²) in [6, 6.07) is 5.62. The molecule has 1 saturated heterocycles. The van der Waals surface area contributed by atoms with Crippen molar-refractivity contribution >= 4 is 33.2 Å². The zero-order valence-corrected chi connectivity index (χ0v) is 22.2. The maximum atomic E-state index is 12.5. The van der Waals surface area contributed by atoms with Crippen LogP contribution in [-0.4, -0.2) is 67.6 Å². The molecule has 0 aliphatic carbocycles. The predicted molar refractivity (Wildman–Crippen MR) is 137 cm³/mol. The first-order chi connectivity index (χ1) is 17.1. The van der Waals surface area contributed by atoms with E-state index in [-0.39, 0.29) is 24.1 Å². The number of piperidine rings is 1. The van der Waals surface area contributed by atoms with Gasteiger partial charge in [-0.3, -0.25) is 9.78 Å². The molecule has 36 heavy (non-hydrogen) atoms. The van der Waals surface area contributed by atoms with Gasteiger partial charge in [-0.05, 0) is 56.3 Å². The molecular formula is C24H31ClN6O4S. The van der Waals surface area contributed by atoms with Gasteiger partial charge in [-0.25, -0.2) is 17.7 Å². The second-order valence-electron chi connectivity index (χ2n) is 8.87. The Balaban J connectivity index is 1.53. The number of methoxy groups -OCH3 is 1. The van der Waals surface area contributed by atoms with E-state index in [4.69, 9.17) is 21.6 Å². The van der Waals surface area contributed by atoms with Crippen molar-refractivity contribution < 1.29 is 17.9 Å². The Labute approximate surface area is 217 Å². The van der Waals surface area contributed by atoms with Crippen LogP contribution in [0, 0.1) is 17.2 Å². The molecule has 0 saturated carbocycles. The van der Waals surface area contributed by atoms with E-state index in [0.29, 0.717) is 54.1 Å². The summed E-state index contributed by atoms with van der Waals surface area (Å²) in [6.45, 7) is 3.94. The van der Waals surface area contributed by atoms with Gasteiger partial charge in [0.05, 0.1) is 43.6 Å². The maximum absolute atomic E-state index is 12.5. The Kier molecular flexibility index (Phi) is 9.62. The number of nitrogens with one attached hydrogen (secondary N) is 2. The molecule has 2 aromatic rings. The Hall–Kier alpha value is -2.78. The number of amides is 1. The van der Waals surface area contributed by atoms with Gasteiger partial charge < -0.3 is 15.4 Å². The molecule has 1 atom stereocenters. The van der Waals surface area contributed by atoms with Crippen LogP contribution >= 0.6 is 11.6 Å². The van der Waals surface area contributed by atoms with Crippen LogP contribution in [0.3, 0.4) is 0 Å². The van der Waals surface area contributed by atoms with Gasteiger partial charge in [0.2, 0.25) is 15.9 Å². The molecule has 194 valence electrons. The summed E-state index contributed by atoms with van der Waals surface area (Å²) >= 11 is 6.51. The van der Waals surface area contributed by atoms with Crippen molar-refractivity contribution in [3.63, 3.8) is 0 Å². The second kappa shape index (κ2) is 12.5.